The van der Waals surface area contributed by atoms with Crippen LogP contribution in [0, 0.1) is 11.6 Å². The summed E-state index contributed by atoms with van der Waals surface area (Å²) in [6.07, 6.45) is 0. The zero-order valence-corrected chi connectivity index (χ0v) is 14.2. The van der Waals surface area contributed by atoms with E-state index in [0.29, 0.717) is 5.52 Å². The normalized spacial score (nSPS) is 12.5. The highest BCUT2D eigenvalue weighted by molar-refractivity contribution is 8.00. The molecule has 2 aromatic carbocycles. The molecule has 1 N–H and O–H groups in total. The molecule has 1 aromatic heterocycles. The molecule has 0 spiro atoms. The Bertz CT molecular complexity index is 960. The largest absolute Gasteiger partial charge is 0.323 e. The maximum absolute atomic E-state index is 13.6. The fourth-order valence-electron chi connectivity index (χ4n) is 2.33. The van der Waals surface area contributed by atoms with Gasteiger partial charge in [-0.1, -0.05) is 23.9 Å². The number of carbonyl (C=O) groups is 1. The minimum absolute atomic E-state index is 0.0384. The number of halogens is 4. The van der Waals surface area contributed by atoms with Crippen LogP contribution in [0.5, 0.6) is 0 Å². The van der Waals surface area contributed by atoms with Crippen molar-refractivity contribution < 1.29 is 22.4 Å². The van der Waals surface area contributed by atoms with Crippen molar-refractivity contribution in [3.63, 3.8) is 0 Å². The Kier molecular flexibility index (Phi) is 5.17. The number of nitrogens with one attached hydrogen (secondary N) is 1. The van der Waals surface area contributed by atoms with E-state index in [1.807, 2.05) is 0 Å². The summed E-state index contributed by atoms with van der Waals surface area (Å²) in [7, 11) is 0. The van der Waals surface area contributed by atoms with E-state index in [0.717, 1.165) is 34.5 Å². The summed E-state index contributed by atoms with van der Waals surface area (Å²) in [5, 5.41) is 1.35. The van der Waals surface area contributed by atoms with Gasteiger partial charge in [0, 0.05) is 6.07 Å². The molecule has 9 heteroatoms. The van der Waals surface area contributed by atoms with Gasteiger partial charge in [-0.25, -0.2) is 13.8 Å². The number of thioether (sulfide) groups is 1. The van der Waals surface area contributed by atoms with E-state index in [1.165, 1.54) is 13.0 Å². The van der Waals surface area contributed by atoms with Crippen LogP contribution in [0.25, 0.3) is 11.0 Å². The van der Waals surface area contributed by atoms with Gasteiger partial charge in [-0.05, 0) is 31.2 Å². The summed E-state index contributed by atoms with van der Waals surface area (Å²) >= 11 is 0.805. The SMILES string of the molecule is CC(Sc1nc2ccccc2n1C(F)F)C(=O)Nc1cc(F)ccc1F. The molecule has 1 unspecified atom stereocenters. The maximum Gasteiger partial charge on any atom is 0.321 e. The van der Waals surface area contributed by atoms with Crippen LogP contribution in [-0.4, -0.2) is 20.7 Å². The highest BCUT2D eigenvalue weighted by atomic mass is 32.2. The van der Waals surface area contributed by atoms with Crippen molar-refractivity contribution in [2.75, 3.05) is 5.32 Å². The van der Waals surface area contributed by atoms with Crippen molar-refractivity contribution in [1.82, 2.24) is 9.55 Å². The molecule has 3 rings (SSSR count). The monoisotopic (exact) mass is 383 g/mol. The smallest absolute Gasteiger partial charge is 0.321 e. The van der Waals surface area contributed by atoms with Crippen molar-refractivity contribution in [3.05, 3.63) is 54.1 Å². The van der Waals surface area contributed by atoms with E-state index < -0.39 is 29.3 Å². The molecule has 1 heterocycles. The quantitative estimate of drug-likeness (QED) is 0.507. The average molecular weight is 383 g/mol. The fraction of sp³-hybridized carbons (Fsp3) is 0.176. The molecular weight excluding hydrogens is 370 g/mol. The molecule has 1 amide bonds. The molecule has 3 aromatic rings. The van der Waals surface area contributed by atoms with Crippen LogP contribution >= 0.6 is 11.8 Å². The van der Waals surface area contributed by atoms with Gasteiger partial charge in [0.2, 0.25) is 5.91 Å². The molecular formula is C17H13F4N3OS. The van der Waals surface area contributed by atoms with Crippen molar-refractivity contribution in [2.45, 2.75) is 23.9 Å². The van der Waals surface area contributed by atoms with Crippen molar-refractivity contribution >= 4 is 34.4 Å². The number of fused-ring (bicyclic) bond motifs is 1. The number of aromatic nitrogens is 2. The second-order valence-electron chi connectivity index (χ2n) is 5.40. The molecule has 0 aliphatic carbocycles. The molecule has 136 valence electrons. The lowest BCUT2D eigenvalue weighted by Gasteiger charge is -2.13. The zero-order chi connectivity index (χ0) is 18.8. The Labute approximate surface area is 150 Å². The highest BCUT2D eigenvalue weighted by Crippen LogP contribution is 2.31. The number of anilines is 1. The lowest BCUT2D eigenvalue weighted by Crippen LogP contribution is -2.23. The van der Waals surface area contributed by atoms with Crippen molar-refractivity contribution in [3.8, 4) is 0 Å². The van der Waals surface area contributed by atoms with E-state index in [2.05, 4.69) is 10.3 Å². The van der Waals surface area contributed by atoms with E-state index in [4.69, 9.17) is 0 Å². The van der Waals surface area contributed by atoms with Gasteiger partial charge in [-0.2, -0.15) is 8.78 Å². The fourth-order valence-corrected chi connectivity index (χ4v) is 3.26. The molecule has 0 radical (unpaired) electrons. The number of para-hydroxylation sites is 2. The lowest BCUT2D eigenvalue weighted by atomic mass is 10.3. The van der Waals surface area contributed by atoms with Gasteiger partial charge in [0.15, 0.2) is 5.16 Å². The van der Waals surface area contributed by atoms with Crippen molar-refractivity contribution in [2.24, 2.45) is 0 Å². The number of rotatable bonds is 5. The number of hydrogen-bond donors (Lipinski definition) is 1. The van der Waals surface area contributed by atoms with Crippen LogP contribution in [0.15, 0.2) is 47.6 Å². The number of imidazole rings is 1. The zero-order valence-electron chi connectivity index (χ0n) is 13.4. The minimum atomic E-state index is -2.83. The van der Waals surface area contributed by atoms with Crippen LogP contribution < -0.4 is 5.32 Å². The molecule has 26 heavy (non-hydrogen) atoms. The summed E-state index contributed by atoms with van der Waals surface area (Å²) in [5.41, 5.74) is 0.303. The summed E-state index contributed by atoms with van der Waals surface area (Å²) in [6, 6.07) is 9.03. The first-order valence-electron chi connectivity index (χ1n) is 7.54. The lowest BCUT2D eigenvalue weighted by molar-refractivity contribution is -0.115. The third kappa shape index (κ3) is 3.67. The van der Waals surface area contributed by atoms with E-state index in [-0.39, 0.29) is 16.4 Å². The van der Waals surface area contributed by atoms with Gasteiger partial charge in [0.25, 0.3) is 0 Å². The van der Waals surface area contributed by atoms with E-state index >= 15 is 0 Å². The van der Waals surface area contributed by atoms with E-state index in [9.17, 15) is 22.4 Å². The molecule has 0 aliphatic heterocycles. The Morgan fingerprint density at radius 1 is 1.19 bits per heavy atom. The first kappa shape index (κ1) is 18.2. The van der Waals surface area contributed by atoms with Gasteiger partial charge in [0.05, 0.1) is 22.0 Å². The molecule has 0 bridgehead atoms. The predicted molar refractivity (Wildman–Crippen MR) is 91.3 cm³/mol. The minimum Gasteiger partial charge on any atom is -0.323 e. The van der Waals surface area contributed by atoms with Gasteiger partial charge in [-0.3, -0.25) is 9.36 Å². The molecule has 0 saturated carbocycles. The molecule has 0 saturated heterocycles. The predicted octanol–water partition coefficient (Wildman–Crippen LogP) is 4.83. The van der Waals surface area contributed by atoms with Gasteiger partial charge in [-0.15, -0.1) is 0 Å². The average Bonchev–Trinajstić information content (AvgIpc) is 2.96. The van der Waals surface area contributed by atoms with Crippen LogP contribution in [0.2, 0.25) is 0 Å². The number of nitrogens with zero attached hydrogens (tertiary/aromatic N) is 2. The first-order valence-corrected chi connectivity index (χ1v) is 8.42. The first-order chi connectivity index (χ1) is 12.4. The topological polar surface area (TPSA) is 46.9 Å². The Hall–Kier alpha value is -2.55. The summed E-state index contributed by atoms with van der Waals surface area (Å²) in [4.78, 5) is 16.4. The van der Waals surface area contributed by atoms with Gasteiger partial charge < -0.3 is 5.32 Å². The van der Waals surface area contributed by atoms with Gasteiger partial charge >= 0.3 is 6.55 Å². The molecule has 4 nitrogen and oxygen atoms in total. The Balaban J connectivity index is 1.82. The summed E-state index contributed by atoms with van der Waals surface area (Å²) in [6.45, 7) is -1.37. The number of alkyl halides is 2. The standard InChI is InChI=1S/C17H13F4N3OS/c1-9(15(25)22-13-8-10(18)6-7-11(13)19)26-17-23-12-4-2-3-5-14(12)24(17)16(20)21/h2-9,16H,1H3,(H,22,25). The third-order valence-corrected chi connectivity index (χ3v) is 4.66. The molecule has 0 fully saturated rings. The van der Waals surface area contributed by atoms with Gasteiger partial charge in [0.1, 0.15) is 11.6 Å². The van der Waals surface area contributed by atoms with Crippen LogP contribution in [0.1, 0.15) is 13.5 Å². The second kappa shape index (κ2) is 7.36. The number of carbonyl (C=O) groups excluding carboxylic acids is 1. The van der Waals surface area contributed by atoms with Crippen LogP contribution in [-0.2, 0) is 4.79 Å². The molecule has 1 atom stereocenters. The molecule has 0 aliphatic rings. The third-order valence-electron chi connectivity index (χ3n) is 3.60. The number of benzene rings is 2. The van der Waals surface area contributed by atoms with Crippen LogP contribution in [0.3, 0.4) is 0 Å². The summed E-state index contributed by atoms with van der Waals surface area (Å²) in [5.74, 6) is -2.16. The Morgan fingerprint density at radius 3 is 2.65 bits per heavy atom. The second-order valence-corrected chi connectivity index (χ2v) is 6.71. The summed E-state index contributed by atoms with van der Waals surface area (Å²) < 4.78 is 54.3. The maximum atomic E-state index is 13.6. The van der Waals surface area contributed by atoms with Crippen LogP contribution in [0.4, 0.5) is 23.2 Å². The number of hydrogen-bond acceptors (Lipinski definition) is 3. The highest BCUT2D eigenvalue weighted by Gasteiger charge is 2.23. The van der Waals surface area contributed by atoms with E-state index in [1.54, 1.807) is 18.2 Å². The Morgan fingerprint density at radius 2 is 1.92 bits per heavy atom. The number of amides is 1. The van der Waals surface area contributed by atoms with Crippen molar-refractivity contribution in [1.29, 1.82) is 0 Å².